The van der Waals surface area contributed by atoms with Crippen molar-refractivity contribution >= 4 is 23.2 Å². The highest BCUT2D eigenvalue weighted by Crippen LogP contribution is 2.23. The minimum atomic E-state index is -0.528. The molecule has 26 heavy (non-hydrogen) atoms. The maximum atomic E-state index is 12.6. The summed E-state index contributed by atoms with van der Waals surface area (Å²) in [5.41, 5.74) is 1.11. The molecule has 1 atom stereocenters. The van der Waals surface area contributed by atoms with Gasteiger partial charge in [-0.25, -0.2) is 0 Å². The summed E-state index contributed by atoms with van der Waals surface area (Å²) in [5, 5.41) is 0.644. The first-order valence-corrected chi connectivity index (χ1v) is 9.04. The summed E-state index contributed by atoms with van der Waals surface area (Å²) < 4.78 is 11.0. The summed E-state index contributed by atoms with van der Waals surface area (Å²) in [6.45, 7) is 4.69. The van der Waals surface area contributed by atoms with E-state index in [1.54, 1.807) is 38.3 Å². The van der Waals surface area contributed by atoms with Crippen LogP contribution in [-0.2, 0) is 4.79 Å². The van der Waals surface area contributed by atoms with Gasteiger partial charge in [-0.05, 0) is 43.3 Å². The SMILES string of the molecule is COc1cccc(N2CCN(C(=O)[C@H](C)Oc3ccc(Cl)cc3)CC2)c1. The fourth-order valence-electron chi connectivity index (χ4n) is 3.02. The van der Waals surface area contributed by atoms with Gasteiger partial charge in [-0.1, -0.05) is 17.7 Å². The first kappa shape index (κ1) is 18.4. The molecule has 2 aromatic carbocycles. The van der Waals surface area contributed by atoms with Gasteiger partial charge in [0, 0.05) is 43.0 Å². The van der Waals surface area contributed by atoms with E-state index in [1.807, 2.05) is 23.1 Å². The number of hydrogen-bond acceptors (Lipinski definition) is 4. The first-order chi connectivity index (χ1) is 12.6. The van der Waals surface area contributed by atoms with Crippen molar-refractivity contribution < 1.29 is 14.3 Å². The van der Waals surface area contributed by atoms with Crippen LogP contribution in [0.4, 0.5) is 5.69 Å². The maximum Gasteiger partial charge on any atom is 0.263 e. The summed E-state index contributed by atoms with van der Waals surface area (Å²) in [6, 6.07) is 15.0. The fraction of sp³-hybridized carbons (Fsp3) is 0.350. The molecule has 1 amide bonds. The largest absolute Gasteiger partial charge is 0.497 e. The molecule has 1 aliphatic rings. The molecule has 1 saturated heterocycles. The minimum Gasteiger partial charge on any atom is -0.497 e. The molecule has 1 heterocycles. The Hall–Kier alpha value is -2.40. The van der Waals surface area contributed by atoms with Gasteiger partial charge in [-0.2, -0.15) is 0 Å². The van der Waals surface area contributed by atoms with Gasteiger partial charge in [0.1, 0.15) is 11.5 Å². The summed E-state index contributed by atoms with van der Waals surface area (Å²) in [5.74, 6) is 1.49. The van der Waals surface area contributed by atoms with E-state index in [0.29, 0.717) is 23.9 Å². The van der Waals surface area contributed by atoms with Crippen molar-refractivity contribution in [3.8, 4) is 11.5 Å². The van der Waals surface area contributed by atoms with Crippen LogP contribution in [0, 0.1) is 0 Å². The zero-order valence-electron chi connectivity index (χ0n) is 15.0. The number of ether oxygens (including phenoxy) is 2. The lowest BCUT2D eigenvalue weighted by Gasteiger charge is -2.37. The standard InChI is InChI=1S/C20H23ClN2O3/c1-15(26-18-8-6-16(21)7-9-18)20(24)23-12-10-22(11-13-23)17-4-3-5-19(14-17)25-2/h3-9,14-15H,10-13H2,1-2H3/t15-/m0/s1. The Morgan fingerprint density at radius 1 is 1.04 bits per heavy atom. The van der Waals surface area contributed by atoms with Gasteiger partial charge >= 0.3 is 0 Å². The van der Waals surface area contributed by atoms with Crippen LogP contribution >= 0.6 is 11.6 Å². The monoisotopic (exact) mass is 374 g/mol. The Labute approximate surface area is 159 Å². The topological polar surface area (TPSA) is 42.0 Å². The normalized spacial score (nSPS) is 15.5. The van der Waals surface area contributed by atoms with Crippen LogP contribution in [-0.4, -0.2) is 50.2 Å². The van der Waals surface area contributed by atoms with Crippen molar-refractivity contribution in [1.29, 1.82) is 0 Å². The highest BCUT2D eigenvalue weighted by atomic mass is 35.5. The molecule has 0 aromatic heterocycles. The maximum absolute atomic E-state index is 12.6. The van der Waals surface area contributed by atoms with Crippen LogP contribution in [0.3, 0.4) is 0 Å². The predicted octanol–water partition coefficient (Wildman–Crippen LogP) is 3.46. The highest BCUT2D eigenvalue weighted by Gasteiger charge is 2.26. The second-order valence-electron chi connectivity index (χ2n) is 6.23. The van der Waals surface area contributed by atoms with E-state index in [9.17, 15) is 4.79 Å². The first-order valence-electron chi connectivity index (χ1n) is 8.67. The van der Waals surface area contributed by atoms with E-state index in [2.05, 4.69) is 11.0 Å². The molecule has 3 rings (SSSR count). The lowest BCUT2D eigenvalue weighted by molar-refractivity contribution is -0.138. The zero-order chi connectivity index (χ0) is 18.5. The predicted molar refractivity (Wildman–Crippen MR) is 103 cm³/mol. The van der Waals surface area contributed by atoms with Gasteiger partial charge in [0.15, 0.2) is 6.10 Å². The lowest BCUT2D eigenvalue weighted by Crippen LogP contribution is -2.52. The molecule has 0 saturated carbocycles. The molecule has 0 radical (unpaired) electrons. The molecule has 0 bridgehead atoms. The summed E-state index contributed by atoms with van der Waals surface area (Å²) in [7, 11) is 1.66. The van der Waals surface area contributed by atoms with Crippen molar-refractivity contribution in [2.75, 3.05) is 38.2 Å². The third kappa shape index (κ3) is 4.41. The van der Waals surface area contributed by atoms with Gasteiger partial charge in [0.25, 0.3) is 5.91 Å². The number of amides is 1. The molecule has 0 N–H and O–H groups in total. The van der Waals surface area contributed by atoms with Crippen LogP contribution in [0.1, 0.15) is 6.92 Å². The smallest absolute Gasteiger partial charge is 0.263 e. The van der Waals surface area contributed by atoms with Crippen molar-refractivity contribution in [3.05, 3.63) is 53.6 Å². The summed E-state index contributed by atoms with van der Waals surface area (Å²) in [6.07, 6.45) is -0.528. The molecular formula is C20H23ClN2O3. The number of nitrogens with zero attached hydrogens (tertiary/aromatic N) is 2. The van der Waals surface area contributed by atoms with Gasteiger partial charge in [0.2, 0.25) is 0 Å². The number of methoxy groups -OCH3 is 1. The Morgan fingerprint density at radius 2 is 1.73 bits per heavy atom. The van der Waals surface area contributed by atoms with Crippen molar-refractivity contribution in [1.82, 2.24) is 4.90 Å². The number of rotatable bonds is 5. The Kier molecular flexibility index (Phi) is 5.89. The number of carbonyl (C=O) groups is 1. The second kappa shape index (κ2) is 8.32. The molecular weight excluding hydrogens is 352 g/mol. The number of carbonyl (C=O) groups excluding carboxylic acids is 1. The van der Waals surface area contributed by atoms with E-state index in [1.165, 1.54) is 0 Å². The lowest BCUT2D eigenvalue weighted by atomic mass is 10.2. The highest BCUT2D eigenvalue weighted by molar-refractivity contribution is 6.30. The third-order valence-electron chi connectivity index (χ3n) is 4.48. The van der Waals surface area contributed by atoms with Crippen LogP contribution < -0.4 is 14.4 Å². The Morgan fingerprint density at radius 3 is 2.38 bits per heavy atom. The fourth-order valence-corrected chi connectivity index (χ4v) is 3.14. The van der Waals surface area contributed by atoms with Crippen molar-refractivity contribution in [2.24, 2.45) is 0 Å². The van der Waals surface area contributed by atoms with E-state index in [-0.39, 0.29) is 5.91 Å². The van der Waals surface area contributed by atoms with Crippen molar-refractivity contribution in [2.45, 2.75) is 13.0 Å². The van der Waals surface area contributed by atoms with Crippen LogP contribution in [0.5, 0.6) is 11.5 Å². The average molecular weight is 375 g/mol. The quantitative estimate of drug-likeness (QED) is 0.803. The van der Waals surface area contributed by atoms with Gasteiger partial charge in [-0.15, -0.1) is 0 Å². The molecule has 0 aliphatic carbocycles. The molecule has 1 aliphatic heterocycles. The zero-order valence-corrected chi connectivity index (χ0v) is 15.8. The number of piperazine rings is 1. The van der Waals surface area contributed by atoms with Crippen LogP contribution in [0.2, 0.25) is 5.02 Å². The van der Waals surface area contributed by atoms with Crippen LogP contribution in [0.25, 0.3) is 0 Å². The molecule has 138 valence electrons. The molecule has 1 fully saturated rings. The third-order valence-corrected chi connectivity index (χ3v) is 4.74. The van der Waals surface area contributed by atoms with Gasteiger partial charge in [-0.3, -0.25) is 4.79 Å². The summed E-state index contributed by atoms with van der Waals surface area (Å²) >= 11 is 5.87. The Balaban J connectivity index is 1.55. The minimum absolute atomic E-state index is 0.00485. The molecule has 0 spiro atoms. The van der Waals surface area contributed by atoms with Gasteiger partial charge < -0.3 is 19.3 Å². The summed E-state index contributed by atoms with van der Waals surface area (Å²) in [4.78, 5) is 16.8. The molecule has 2 aromatic rings. The number of halogens is 1. The van der Waals surface area contributed by atoms with E-state index >= 15 is 0 Å². The van der Waals surface area contributed by atoms with Crippen molar-refractivity contribution in [3.63, 3.8) is 0 Å². The second-order valence-corrected chi connectivity index (χ2v) is 6.66. The number of hydrogen-bond donors (Lipinski definition) is 0. The Bertz CT molecular complexity index is 743. The van der Waals surface area contributed by atoms with E-state index in [4.69, 9.17) is 21.1 Å². The van der Waals surface area contributed by atoms with Crippen LogP contribution in [0.15, 0.2) is 48.5 Å². The van der Waals surface area contributed by atoms with Gasteiger partial charge in [0.05, 0.1) is 7.11 Å². The van der Waals surface area contributed by atoms with E-state index in [0.717, 1.165) is 24.5 Å². The molecule has 5 nitrogen and oxygen atoms in total. The number of benzene rings is 2. The average Bonchev–Trinajstić information content (AvgIpc) is 2.69. The number of anilines is 1. The molecule has 6 heteroatoms. The molecule has 0 unspecified atom stereocenters. The van der Waals surface area contributed by atoms with E-state index < -0.39 is 6.10 Å².